The standard InChI is InChI=1S/C20H33N7O/c1-15(24-20-25-16(2)13-18(21-3)26-20)12-17(19(22-4)28-5)14-23-8-11-27-9-6-7-10-27/h12-13,23H,4,6-11,14H2,1-3,5H3,(H2,21,24,25,26)/b15-12+,19-17-. The minimum Gasteiger partial charge on any atom is -0.481 e. The van der Waals surface area contributed by atoms with Gasteiger partial charge in [0.15, 0.2) is 0 Å². The van der Waals surface area contributed by atoms with Crippen molar-refractivity contribution in [3.63, 3.8) is 0 Å². The fourth-order valence-electron chi connectivity index (χ4n) is 3.18. The molecular weight excluding hydrogens is 354 g/mol. The molecule has 1 aromatic heterocycles. The van der Waals surface area contributed by atoms with Gasteiger partial charge in [-0.1, -0.05) is 0 Å². The summed E-state index contributed by atoms with van der Waals surface area (Å²) in [6, 6.07) is 1.89. The zero-order chi connectivity index (χ0) is 20.4. The van der Waals surface area contributed by atoms with Crippen LogP contribution in [0.3, 0.4) is 0 Å². The van der Waals surface area contributed by atoms with Crippen LogP contribution in [0.1, 0.15) is 25.5 Å². The molecule has 0 bridgehead atoms. The van der Waals surface area contributed by atoms with E-state index >= 15 is 0 Å². The van der Waals surface area contributed by atoms with Gasteiger partial charge in [0.1, 0.15) is 5.82 Å². The van der Waals surface area contributed by atoms with Gasteiger partial charge in [0.2, 0.25) is 11.8 Å². The summed E-state index contributed by atoms with van der Waals surface area (Å²) in [4.78, 5) is 15.3. The summed E-state index contributed by atoms with van der Waals surface area (Å²) in [6.07, 6.45) is 4.60. The number of methoxy groups -OCH3 is 1. The number of hydrogen-bond donors (Lipinski definition) is 3. The molecule has 1 saturated heterocycles. The zero-order valence-corrected chi connectivity index (χ0v) is 17.5. The number of rotatable bonds is 11. The van der Waals surface area contributed by atoms with Gasteiger partial charge in [-0.2, -0.15) is 4.98 Å². The topological polar surface area (TPSA) is 86.7 Å². The van der Waals surface area contributed by atoms with Gasteiger partial charge < -0.3 is 25.6 Å². The molecule has 8 nitrogen and oxygen atoms in total. The largest absolute Gasteiger partial charge is 0.481 e. The molecule has 0 radical (unpaired) electrons. The Morgan fingerprint density at radius 3 is 2.75 bits per heavy atom. The van der Waals surface area contributed by atoms with E-state index in [4.69, 9.17) is 4.74 Å². The number of aromatic nitrogens is 2. The minimum atomic E-state index is 0.510. The Labute approximate surface area is 168 Å². The number of aryl methyl sites for hydroxylation is 1. The Morgan fingerprint density at radius 1 is 1.36 bits per heavy atom. The average molecular weight is 388 g/mol. The number of nitrogens with one attached hydrogen (secondary N) is 3. The molecule has 2 heterocycles. The average Bonchev–Trinajstić information content (AvgIpc) is 3.18. The Bertz CT molecular complexity index is 709. The highest BCUT2D eigenvalue weighted by Gasteiger charge is 2.11. The summed E-state index contributed by atoms with van der Waals surface area (Å²) in [6.45, 7) is 12.6. The van der Waals surface area contributed by atoms with Crippen LogP contribution in [0.4, 0.5) is 11.8 Å². The predicted molar refractivity (Wildman–Crippen MR) is 116 cm³/mol. The van der Waals surface area contributed by atoms with Gasteiger partial charge in [-0.3, -0.25) is 0 Å². The third-order valence-corrected chi connectivity index (χ3v) is 4.54. The fraction of sp³-hybridized carbons (Fsp3) is 0.550. The van der Waals surface area contributed by atoms with Crippen molar-refractivity contribution < 1.29 is 4.74 Å². The summed E-state index contributed by atoms with van der Waals surface area (Å²) in [7, 11) is 3.44. The first-order valence-electron chi connectivity index (χ1n) is 9.71. The number of anilines is 2. The normalized spacial score (nSPS) is 15.9. The number of nitrogens with zero attached hydrogens (tertiary/aromatic N) is 4. The van der Waals surface area contributed by atoms with E-state index in [1.54, 1.807) is 7.11 Å². The maximum Gasteiger partial charge on any atom is 0.229 e. The Hall–Kier alpha value is -2.45. The van der Waals surface area contributed by atoms with Gasteiger partial charge in [-0.25, -0.2) is 9.98 Å². The van der Waals surface area contributed by atoms with Crippen molar-refractivity contribution in [1.82, 2.24) is 20.2 Å². The fourth-order valence-corrected chi connectivity index (χ4v) is 3.18. The van der Waals surface area contributed by atoms with Crippen LogP contribution in [0, 0.1) is 6.92 Å². The highest BCUT2D eigenvalue weighted by Crippen LogP contribution is 2.14. The lowest BCUT2D eigenvalue weighted by Crippen LogP contribution is -2.31. The number of likely N-dealkylation sites (tertiary alicyclic amines) is 1. The second-order valence-electron chi connectivity index (χ2n) is 6.84. The number of hydrogen-bond acceptors (Lipinski definition) is 8. The Balaban J connectivity index is 2.02. The molecule has 1 aliphatic rings. The maximum atomic E-state index is 5.39. The van der Waals surface area contributed by atoms with Gasteiger partial charge in [-0.05, 0) is 52.6 Å². The molecule has 0 aromatic carbocycles. The quantitative estimate of drug-likeness (QED) is 0.233. The highest BCUT2D eigenvalue weighted by atomic mass is 16.5. The van der Waals surface area contributed by atoms with E-state index in [-0.39, 0.29) is 0 Å². The van der Waals surface area contributed by atoms with Crippen LogP contribution in [-0.4, -0.2) is 68.5 Å². The first-order chi connectivity index (χ1) is 13.5. The molecule has 1 fully saturated rings. The van der Waals surface area contributed by atoms with E-state index < -0.39 is 0 Å². The second-order valence-corrected chi connectivity index (χ2v) is 6.84. The molecule has 0 aliphatic carbocycles. The van der Waals surface area contributed by atoms with Crippen molar-refractivity contribution in [3.8, 4) is 0 Å². The Kier molecular flexibility index (Phi) is 8.90. The van der Waals surface area contributed by atoms with Crippen molar-refractivity contribution in [3.05, 3.63) is 35.0 Å². The van der Waals surface area contributed by atoms with Crippen molar-refractivity contribution in [2.24, 2.45) is 4.99 Å². The van der Waals surface area contributed by atoms with Crippen molar-refractivity contribution >= 4 is 18.5 Å². The Morgan fingerprint density at radius 2 is 2.11 bits per heavy atom. The lowest BCUT2D eigenvalue weighted by atomic mass is 10.2. The van der Waals surface area contributed by atoms with Crippen LogP contribution < -0.4 is 16.0 Å². The van der Waals surface area contributed by atoms with Gasteiger partial charge in [-0.15, -0.1) is 0 Å². The maximum absolute atomic E-state index is 5.39. The van der Waals surface area contributed by atoms with Crippen LogP contribution in [0.25, 0.3) is 0 Å². The molecule has 0 spiro atoms. The first-order valence-corrected chi connectivity index (χ1v) is 9.71. The van der Waals surface area contributed by atoms with E-state index in [9.17, 15) is 0 Å². The van der Waals surface area contributed by atoms with E-state index in [2.05, 4.69) is 42.5 Å². The minimum absolute atomic E-state index is 0.510. The molecule has 8 heteroatoms. The smallest absolute Gasteiger partial charge is 0.229 e. The van der Waals surface area contributed by atoms with Crippen LogP contribution >= 0.6 is 0 Å². The molecule has 0 amide bonds. The molecule has 0 unspecified atom stereocenters. The summed E-state index contributed by atoms with van der Waals surface area (Å²) >= 11 is 0. The number of ether oxygens (including phenoxy) is 1. The van der Waals surface area contributed by atoms with E-state index in [1.807, 2.05) is 33.0 Å². The zero-order valence-electron chi connectivity index (χ0n) is 17.5. The lowest BCUT2D eigenvalue weighted by Gasteiger charge is -2.16. The van der Waals surface area contributed by atoms with Crippen molar-refractivity contribution in [1.29, 1.82) is 0 Å². The molecule has 1 aliphatic heterocycles. The third-order valence-electron chi connectivity index (χ3n) is 4.54. The van der Waals surface area contributed by atoms with Crippen LogP contribution in [0.5, 0.6) is 0 Å². The molecule has 1 aromatic rings. The summed E-state index contributed by atoms with van der Waals surface area (Å²) in [5.74, 6) is 1.83. The first kappa shape index (κ1) is 21.8. The number of allylic oxidation sites excluding steroid dienone is 1. The van der Waals surface area contributed by atoms with E-state index in [1.165, 1.54) is 25.9 Å². The molecule has 3 N–H and O–H groups in total. The SMILES string of the molecule is C=N/C(OC)=C(\C=C(/C)Nc1nc(C)cc(NC)n1)CNCCN1CCCC1. The van der Waals surface area contributed by atoms with Crippen LogP contribution in [0.2, 0.25) is 0 Å². The molecule has 2 rings (SSSR count). The van der Waals surface area contributed by atoms with Gasteiger partial charge >= 0.3 is 0 Å². The van der Waals surface area contributed by atoms with Crippen LogP contribution in [0.15, 0.2) is 34.3 Å². The van der Waals surface area contributed by atoms with Crippen molar-refractivity contribution in [2.75, 3.05) is 57.5 Å². The number of aliphatic imine (C=N–C) groups is 1. The third kappa shape index (κ3) is 6.94. The van der Waals surface area contributed by atoms with Gasteiger partial charge in [0.25, 0.3) is 0 Å². The summed E-state index contributed by atoms with van der Waals surface area (Å²) in [5, 5.41) is 9.75. The predicted octanol–water partition coefficient (Wildman–Crippen LogP) is 2.39. The molecular formula is C20H33N7O. The van der Waals surface area contributed by atoms with Gasteiger partial charge in [0, 0.05) is 49.7 Å². The second kappa shape index (κ2) is 11.4. The monoisotopic (exact) mass is 387 g/mol. The molecule has 28 heavy (non-hydrogen) atoms. The van der Waals surface area contributed by atoms with E-state index in [0.29, 0.717) is 18.4 Å². The highest BCUT2D eigenvalue weighted by molar-refractivity contribution is 5.45. The lowest BCUT2D eigenvalue weighted by molar-refractivity contribution is 0.284. The summed E-state index contributed by atoms with van der Waals surface area (Å²) in [5.41, 5.74) is 2.70. The van der Waals surface area contributed by atoms with Crippen molar-refractivity contribution in [2.45, 2.75) is 26.7 Å². The summed E-state index contributed by atoms with van der Waals surface area (Å²) < 4.78 is 5.39. The van der Waals surface area contributed by atoms with Gasteiger partial charge in [0.05, 0.1) is 7.11 Å². The molecule has 154 valence electrons. The molecule has 0 saturated carbocycles. The molecule has 0 atom stereocenters. The van der Waals surface area contributed by atoms with E-state index in [0.717, 1.165) is 35.9 Å². The van der Waals surface area contributed by atoms with Crippen LogP contribution in [-0.2, 0) is 4.74 Å².